The van der Waals surface area contributed by atoms with Crippen LogP contribution in [0.2, 0.25) is 0 Å². The number of Topliss-reactive ketones (excluding diaryl/α,β-unsaturated/α-hetero) is 1. The molecule has 2 aromatic heterocycles. The molecule has 82 heavy (non-hydrogen) atoms. The maximum absolute atomic E-state index is 13.2. The molecule has 1 unspecified atom stereocenters. The Balaban J connectivity index is 0.579. The van der Waals surface area contributed by atoms with E-state index in [9.17, 15) is 33.9 Å². The Kier molecular flexibility index (Phi) is 25.3. The first-order chi connectivity index (χ1) is 40.0. The molecule has 4 saturated heterocycles. The zero-order valence-corrected chi connectivity index (χ0v) is 48.8. The number of hydrogen-bond donors (Lipinski definition) is 6. The van der Waals surface area contributed by atoms with Gasteiger partial charge < -0.3 is 60.4 Å². The average molecular weight is 1170 g/mol. The van der Waals surface area contributed by atoms with Crippen LogP contribution in [0.1, 0.15) is 93.1 Å². The maximum atomic E-state index is 13.2. The number of carbonyl (C=O) groups is 6. The molecular weight excluding hydrogens is 1090 g/mol. The van der Waals surface area contributed by atoms with E-state index in [1.807, 2.05) is 47.0 Å². The number of fused-ring (bicyclic) bond motifs is 2. The number of phenolic OH excluding ortho intramolecular Hbond substituents is 1. The van der Waals surface area contributed by atoms with E-state index in [1.54, 1.807) is 29.5 Å². The number of morpholine rings is 1. The number of benzene rings is 2. The number of piperazine rings is 1. The number of rotatable bonds is 35. The molecule has 2 aromatic carbocycles. The molecule has 4 aliphatic heterocycles. The van der Waals surface area contributed by atoms with Gasteiger partial charge in [-0.15, -0.1) is 11.3 Å². The van der Waals surface area contributed by atoms with Gasteiger partial charge in [-0.05, 0) is 67.9 Å². The van der Waals surface area contributed by atoms with Gasteiger partial charge >= 0.3 is 6.03 Å². The molecule has 4 aromatic rings. The number of unbranched alkanes of at least 4 members (excludes halogenated alkanes) is 1. The fourth-order valence-corrected chi connectivity index (χ4v) is 13.0. The van der Waals surface area contributed by atoms with Gasteiger partial charge in [0.2, 0.25) is 23.6 Å². The smallest absolute Gasteiger partial charge is 0.315 e. The number of amides is 6. The topological polar surface area (TPSA) is 255 Å². The first kappa shape index (κ1) is 62.1. The summed E-state index contributed by atoms with van der Waals surface area (Å²) in [6.07, 6.45) is 7.02. The highest BCUT2D eigenvalue weighted by atomic mass is 32.2. The van der Waals surface area contributed by atoms with Crippen LogP contribution in [0.15, 0.2) is 54.6 Å². The summed E-state index contributed by atoms with van der Waals surface area (Å²) in [6, 6.07) is 17.3. The molecule has 3 atom stereocenters. The fourth-order valence-electron chi connectivity index (χ4n) is 10.3. The number of ether oxygens (including phenoxy) is 4. The second kappa shape index (κ2) is 33.4. The van der Waals surface area contributed by atoms with Crippen LogP contribution in [-0.2, 0) is 62.4 Å². The Bertz CT molecular complexity index is 2700. The van der Waals surface area contributed by atoms with Crippen LogP contribution in [0.5, 0.6) is 5.75 Å². The zero-order chi connectivity index (χ0) is 57.3. The van der Waals surface area contributed by atoms with Gasteiger partial charge in [0.05, 0.1) is 61.9 Å². The van der Waals surface area contributed by atoms with E-state index in [-0.39, 0.29) is 79.0 Å². The monoisotopic (exact) mass is 1170 g/mol. The molecule has 6 amide bonds. The molecule has 446 valence electrons. The van der Waals surface area contributed by atoms with Gasteiger partial charge in [0.25, 0.3) is 0 Å². The van der Waals surface area contributed by atoms with E-state index in [1.165, 1.54) is 4.88 Å². The van der Waals surface area contributed by atoms with Crippen molar-refractivity contribution in [2.24, 2.45) is 0 Å². The van der Waals surface area contributed by atoms with Crippen LogP contribution in [-0.4, -0.2) is 189 Å². The van der Waals surface area contributed by atoms with E-state index >= 15 is 0 Å². The number of urea groups is 1. The van der Waals surface area contributed by atoms with Gasteiger partial charge in [-0.2, -0.15) is 11.8 Å². The summed E-state index contributed by atoms with van der Waals surface area (Å²) in [5, 5.41) is 25.3. The quantitative estimate of drug-likeness (QED) is 0.0259. The minimum atomic E-state index is -0.124. The lowest BCUT2D eigenvalue weighted by molar-refractivity contribution is -0.134. The van der Waals surface area contributed by atoms with E-state index in [0.717, 1.165) is 96.9 Å². The summed E-state index contributed by atoms with van der Waals surface area (Å²) in [6.45, 7) is 10.5. The SMILES string of the molecule is O=C(CCC(=O)N1CCN(Cc2cc3nc(-c4cccc(O)c4)nc(N4CCOCC4)c3s2)CC1)CCc1ccc(CNC(=O)CCCC(=O)NCCCOCCOCCOCCCNC(=O)CCCC[C@@H]2SCC3NC(=O)N[C@@H]32)cc1. The molecule has 21 nitrogen and oxygen atoms in total. The number of phenols is 1. The van der Waals surface area contributed by atoms with Crippen LogP contribution in [0.3, 0.4) is 0 Å². The summed E-state index contributed by atoms with van der Waals surface area (Å²) in [4.78, 5) is 92.0. The van der Waals surface area contributed by atoms with Crippen molar-refractivity contribution in [2.45, 2.75) is 114 Å². The van der Waals surface area contributed by atoms with Crippen molar-refractivity contribution in [2.75, 3.05) is 116 Å². The van der Waals surface area contributed by atoms with Gasteiger partial charge in [-0.3, -0.25) is 28.9 Å². The number of thioether (sulfide) groups is 1. The van der Waals surface area contributed by atoms with Crippen molar-refractivity contribution >= 4 is 74.6 Å². The molecule has 0 bridgehead atoms. The summed E-state index contributed by atoms with van der Waals surface area (Å²) in [5.74, 6) is 2.48. The van der Waals surface area contributed by atoms with Crippen molar-refractivity contribution in [3.63, 3.8) is 0 Å². The Morgan fingerprint density at radius 2 is 1.37 bits per heavy atom. The number of carbonyl (C=O) groups excluding carboxylic acids is 6. The molecule has 0 radical (unpaired) electrons. The Morgan fingerprint density at radius 3 is 2.07 bits per heavy atom. The zero-order valence-electron chi connectivity index (χ0n) is 47.1. The third-order valence-corrected chi connectivity index (χ3v) is 17.6. The predicted octanol–water partition coefficient (Wildman–Crippen LogP) is 5.10. The molecule has 0 saturated carbocycles. The summed E-state index contributed by atoms with van der Waals surface area (Å²) >= 11 is 3.60. The van der Waals surface area contributed by atoms with Crippen LogP contribution < -0.4 is 31.5 Å². The van der Waals surface area contributed by atoms with Gasteiger partial charge in [-0.1, -0.05) is 42.8 Å². The van der Waals surface area contributed by atoms with Gasteiger partial charge in [-0.25, -0.2) is 14.8 Å². The number of nitrogens with one attached hydrogen (secondary N) is 5. The van der Waals surface area contributed by atoms with Crippen molar-refractivity contribution in [3.05, 3.63) is 70.6 Å². The van der Waals surface area contributed by atoms with Crippen LogP contribution in [0.4, 0.5) is 10.6 Å². The third kappa shape index (κ3) is 20.4. The maximum Gasteiger partial charge on any atom is 0.315 e. The molecule has 4 aliphatic rings. The lowest BCUT2D eigenvalue weighted by Crippen LogP contribution is -2.48. The van der Waals surface area contributed by atoms with E-state index in [2.05, 4.69) is 42.5 Å². The predicted molar refractivity (Wildman–Crippen MR) is 316 cm³/mol. The Morgan fingerprint density at radius 1 is 0.695 bits per heavy atom. The van der Waals surface area contributed by atoms with Crippen molar-refractivity contribution < 1.29 is 52.8 Å². The average Bonchev–Trinajstić information content (AvgIpc) is 4.20. The number of nitrogens with zero attached hydrogens (tertiary/aromatic N) is 5. The van der Waals surface area contributed by atoms with E-state index in [0.29, 0.717) is 129 Å². The molecule has 8 rings (SSSR count). The minimum Gasteiger partial charge on any atom is -0.508 e. The van der Waals surface area contributed by atoms with E-state index in [4.69, 9.17) is 28.9 Å². The number of aromatic nitrogens is 2. The number of thiophene rings is 1. The fraction of sp³-hybridized carbons (Fsp3) is 0.593. The highest BCUT2D eigenvalue weighted by Gasteiger charge is 2.42. The number of anilines is 1. The second-order valence-corrected chi connectivity index (χ2v) is 23.6. The first-order valence-electron chi connectivity index (χ1n) is 29.3. The lowest BCUT2D eigenvalue weighted by Gasteiger charge is -2.34. The van der Waals surface area contributed by atoms with Gasteiger partial charge in [0, 0.05) is 139 Å². The molecule has 6 N–H and O–H groups in total. The van der Waals surface area contributed by atoms with Crippen LogP contribution in [0.25, 0.3) is 21.6 Å². The lowest BCUT2D eigenvalue weighted by atomic mass is 10.0. The summed E-state index contributed by atoms with van der Waals surface area (Å²) < 4.78 is 23.4. The number of ketones is 1. The van der Waals surface area contributed by atoms with Gasteiger partial charge in [0.1, 0.15) is 11.5 Å². The largest absolute Gasteiger partial charge is 0.508 e. The van der Waals surface area contributed by atoms with Gasteiger partial charge in [0.15, 0.2) is 11.6 Å². The molecule has 23 heteroatoms. The van der Waals surface area contributed by atoms with Crippen molar-refractivity contribution in [3.8, 4) is 17.1 Å². The molecule has 0 spiro atoms. The highest BCUT2D eigenvalue weighted by molar-refractivity contribution is 8.00. The van der Waals surface area contributed by atoms with Crippen molar-refractivity contribution in [1.82, 2.24) is 46.4 Å². The van der Waals surface area contributed by atoms with Crippen molar-refractivity contribution in [1.29, 1.82) is 0 Å². The molecule has 4 fully saturated rings. The summed E-state index contributed by atoms with van der Waals surface area (Å²) in [5.41, 5.74) is 3.58. The second-order valence-electron chi connectivity index (χ2n) is 21.2. The summed E-state index contributed by atoms with van der Waals surface area (Å²) in [7, 11) is 0. The molecular formula is C59H82N10O11S2. The van der Waals surface area contributed by atoms with Crippen LogP contribution >= 0.6 is 23.1 Å². The first-order valence-corrected chi connectivity index (χ1v) is 31.1. The standard InChI is InChI=1S/C59H82N10O11S2/c70-45(19-20-54(75)68-25-23-67(24-26-68)40-47-38-48-56(82-47)58(69-27-31-79-32-28-69)66-57(63-48)44-7-3-8-46(71)37-44)18-17-42-13-15-43(16-14-42)39-62-53(74)12-4-11-52(73)61-22-6-30-78-34-36-80-35-33-77-29-5-21-60-51(72)10-2-1-9-50-55-49(41-81-50)64-59(76)65-55/h3,7-8,13-16,37-38,49-50,55,71H,1-2,4-6,9-12,17-36,39-41H2,(H,60,72)(H,61,73)(H,62,74)(H2,64,65,76)/t49?,50-,55-/m0/s1. The number of aryl methyl sites for hydroxylation is 1. The van der Waals surface area contributed by atoms with E-state index < -0.39 is 0 Å². The minimum absolute atomic E-state index is 0.00943. The van der Waals surface area contributed by atoms with Crippen LogP contribution in [0, 0.1) is 0 Å². The normalized spacial score (nSPS) is 18.0. The molecule has 0 aliphatic carbocycles. The third-order valence-electron chi connectivity index (χ3n) is 15.0. The number of aromatic hydroxyl groups is 1. The molecule has 6 heterocycles. The Hall–Kier alpha value is -5.95. The Labute approximate surface area is 489 Å². The highest BCUT2D eigenvalue weighted by Crippen LogP contribution is 2.36. The number of hydrogen-bond acceptors (Lipinski definition) is 17.